The number of hydrogen-bond acceptors (Lipinski definition) is 2. The van der Waals surface area contributed by atoms with Gasteiger partial charge in [-0.25, -0.2) is 8.42 Å². The van der Waals surface area contributed by atoms with Crippen LogP contribution >= 0.6 is 15.9 Å². The van der Waals surface area contributed by atoms with Crippen molar-refractivity contribution in [3.05, 3.63) is 0 Å². The van der Waals surface area contributed by atoms with Crippen LogP contribution in [-0.4, -0.2) is 43.1 Å². The Bertz CT molecular complexity index is 292. The van der Waals surface area contributed by atoms with Gasteiger partial charge in [0.1, 0.15) is 6.54 Å². The highest BCUT2D eigenvalue weighted by atomic mass is 79.9. The Morgan fingerprint density at radius 3 is 2.25 bits per heavy atom. The molecule has 0 saturated carbocycles. The molecule has 0 atom stereocenters. The Balaban J connectivity index is 4.63. The molecule has 0 aromatic carbocycles. The van der Waals surface area contributed by atoms with Gasteiger partial charge >= 0.3 is 6.18 Å². The van der Waals surface area contributed by atoms with Crippen molar-refractivity contribution in [2.24, 2.45) is 0 Å². The standard InChI is InChI=1S/C8H15BrF3NO2S/c1-2-3-6-16(14,15)13(5-4-9)7-8(10,11)12/h2-7H2,1H3. The topological polar surface area (TPSA) is 37.4 Å². The first kappa shape index (κ1) is 16.2. The first-order valence-electron chi connectivity index (χ1n) is 4.83. The first-order valence-corrected chi connectivity index (χ1v) is 7.56. The third-order valence-electron chi connectivity index (χ3n) is 1.84. The van der Waals surface area contributed by atoms with E-state index in [2.05, 4.69) is 15.9 Å². The third-order valence-corrected chi connectivity index (χ3v) is 4.10. The van der Waals surface area contributed by atoms with Gasteiger partial charge in [-0.3, -0.25) is 0 Å². The fraction of sp³-hybridized carbons (Fsp3) is 1.00. The molecule has 16 heavy (non-hydrogen) atoms. The molecular formula is C8H15BrF3NO2S. The van der Waals surface area contributed by atoms with Gasteiger partial charge in [0, 0.05) is 11.9 Å². The largest absolute Gasteiger partial charge is 0.402 e. The van der Waals surface area contributed by atoms with Gasteiger partial charge in [-0.2, -0.15) is 17.5 Å². The minimum Gasteiger partial charge on any atom is -0.212 e. The highest BCUT2D eigenvalue weighted by molar-refractivity contribution is 9.09. The smallest absolute Gasteiger partial charge is 0.212 e. The molecule has 0 saturated heterocycles. The lowest BCUT2D eigenvalue weighted by atomic mass is 10.4. The Morgan fingerprint density at radius 1 is 1.31 bits per heavy atom. The summed E-state index contributed by atoms with van der Waals surface area (Å²) in [5.41, 5.74) is 0. The lowest BCUT2D eigenvalue weighted by Crippen LogP contribution is -2.41. The van der Waals surface area contributed by atoms with Crippen LogP contribution in [0.4, 0.5) is 13.2 Å². The minimum absolute atomic E-state index is 0.161. The lowest BCUT2D eigenvalue weighted by Gasteiger charge is -2.22. The molecule has 0 spiro atoms. The molecule has 3 nitrogen and oxygen atoms in total. The molecule has 0 fully saturated rings. The van der Waals surface area contributed by atoms with Crippen molar-refractivity contribution >= 4 is 26.0 Å². The van der Waals surface area contributed by atoms with Crippen molar-refractivity contribution in [3.63, 3.8) is 0 Å². The van der Waals surface area contributed by atoms with E-state index in [0.717, 1.165) is 0 Å². The number of unbranched alkanes of at least 4 members (excludes halogenated alkanes) is 1. The number of halogens is 4. The summed E-state index contributed by atoms with van der Waals surface area (Å²) in [4.78, 5) is 0. The number of rotatable bonds is 7. The van der Waals surface area contributed by atoms with Crippen molar-refractivity contribution in [1.82, 2.24) is 4.31 Å². The molecule has 0 radical (unpaired) electrons. The molecular weight excluding hydrogens is 311 g/mol. The van der Waals surface area contributed by atoms with Gasteiger partial charge in [0.05, 0.1) is 5.75 Å². The van der Waals surface area contributed by atoms with Crippen LogP contribution in [0.2, 0.25) is 0 Å². The zero-order chi connectivity index (χ0) is 12.8. The van der Waals surface area contributed by atoms with E-state index in [1.54, 1.807) is 6.92 Å². The Kier molecular flexibility index (Phi) is 6.88. The van der Waals surface area contributed by atoms with Gasteiger partial charge in [0.2, 0.25) is 10.0 Å². The van der Waals surface area contributed by atoms with E-state index >= 15 is 0 Å². The summed E-state index contributed by atoms with van der Waals surface area (Å²) in [6.07, 6.45) is -3.49. The quantitative estimate of drug-likeness (QED) is 0.674. The molecule has 0 rings (SSSR count). The van der Waals surface area contributed by atoms with Gasteiger partial charge in [0.15, 0.2) is 0 Å². The summed E-state index contributed by atoms with van der Waals surface area (Å²) in [6, 6.07) is 0. The fourth-order valence-electron chi connectivity index (χ4n) is 1.07. The maximum atomic E-state index is 12.2. The summed E-state index contributed by atoms with van der Waals surface area (Å²) in [6.45, 7) is 0.213. The van der Waals surface area contributed by atoms with Crippen LogP contribution in [0, 0.1) is 0 Å². The number of nitrogens with zero attached hydrogens (tertiary/aromatic N) is 1. The monoisotopic (exact) mass is 325 g/mol. The van der Waals surface area contributed by atoms with Crippen LogP contribution in [0.5, 0.6) is 0 Å². The van der Waals surface area contributed by atoms with E-state index in [0.29, 0.717) is 17.1 Å². The molecule has 0 aliphatic heterocycles. The van der Waals surface area contributed by atoms with Gasteiger partial charge in [-0.05, 0) is 6.42 Å². The predicted octanol–water partition coefficient (Wildman–Crippen LogP) is 2.38. The van der Waals surface area contributed by atoms with Crippen LogP contribution in [-0.2, 0) is 10.0 Å². The van der Waals surface area contributed by atoms with Crippen LogP contribution < -0.4 is 0 Å². The SMILES string of the molecule is CCCCS(=O)(=O)N(CCBr)CC(F)(F)F. The molecule has 0 amide bonds. The van der Waals surface area contributed by atoms with Crippen LogP contribution in [0.1, 0.15) is 19.8 Å². The summed E-state index contributed by atoms with van der Waals surface area (Å²) in [7, 11) is -3.80. The van der Waals surface area contributed by atoms with Crippen molar-refractivity contribution in [1.29, 1.82) is 0 Å². The molecule has 0 heterocycles. The average Bonchev–Trinajstić information content (AvgIpc) is 2.12. The van der Waals surface area contributed by atoms with Crippen molar-refractivity contribution in [3.8, 4) is 0 Å². The predicted molar refractivity (Wildman–Crippen MR) is 60.1 cm³/mol. The minimum atomic E-state index is -4.50. The van der Waals surface area contributed by atoms with E-state index in [4.69, 9.17) is 0 Å². The first-order chi connectivity index (χ1) is 7.23. The normalized spacial score (nSPS) is 13.4. The lowest BCUT2D eigenvalue weighted by molar-refractivity contribution is -0.135. The number of sulfonamides is 1. The average molecular weight is 326 g/mol. The highest BCUT2D eigenvalue weighted by Crippen LogP contribution is 2.19. The van der Waals surface area contributed by atoms with E-state index in [1.807, 2.05) is 0 Å². The zero-order valence-electron chi connectivity index (χ0n) is 8.93. The summed E-state index contributed by atoms with van der Waals surface area (Å²) in [5.74, 6) is -0.230. The van der Waals surface area contributed by atoms with E-state index in [1.165, 1.54) is 0 Å². The van der Waals surface area contributed by atoms with Gasteiger partial charge in [-0.15, -0.1) is 0 Å². The Morgan fingerprint density at radius 2 is 1.88 bits per heavy atom. The Hall–Kier alpha value is 0.180. The molecule has 0 bridgehead atoms. The molecule has 0 N–H and O–H groups in total. The van der Waals surface area contributed by atoms with Gasteiger partial charge in [0.25, 0.3) is 0 Å². The summed E-state index contributed by atoms with van der Waals surface area (Å²) >= 11 is 2.94. The summed E-state index contributed by atoms with van der Waals surface area (Å²) in [5, 5.41) is 0.189. The van der Waals surface area contributed by atoms with Crippen molar-refractivity contribution < 1.29 is 21.6 Å². The maximum Gasteiger partial charge on any atom is 0.402 e. The third kappa shape index (κ3) is 6.70. The van der Waals surface area contributed by atoms with Crippen LogP contribution in [0.3, 0.4) is 0 Å². The van der Waals surface area contributed by atoms with E-state index in [9.17, 15) is 21.6 Å². The molecule has 0 aromatic heterocycles. The van der Waals surface area contributed by atoms with Gasteiger partial charge in [-0.1, -0.05) is 29.3 Å². The second kappa shape index (κ2) is 6.80. The highest BCUT2D eigenvalue weighted by Gasteiger charge is 2.35. The molecule has 0 aliphatic carbocycles. The molecule has 0 unspecified atom stereocenters. The number of alkyl halides is 4. The second-order valence-electron chi connectivity index (χ2n) is 3.31. The number of hydrogen-bond donors (Lipinski definition) is 0. The van der Waals surface area contributed by atoms with Crippen LogP contribution in [0.25, 0.3) is 0 Å². The second-order valence-corrected chi connectivity index (χ2v) is 6.19. The maximum absolute atomic E-state index is 12.2. The molecule has 0 aromatic rings. The zero-order valence-corrected chi connectivity index (χ0v) is 11.3. The van der Waals surface area contributed by atoms with Crippen molar-refractivity contribution in [2.75, 3.05) is 24.2 Å². The molecule has 0 aliphatic rings. The van der Waals surface area contributed by atoms with Gasteiger partial charge < -0.3 is 0 Å². The van der Waals surface area contributed by atoms with Crippen molar-refractivity contribution in [2.45, 2.75) is 25.9 Å². The summed E-state index contributed by atoms with van der Waals surface area (Å²) < 4.78 is 60.1. The fourth-order valence-corrected chi connectivity index (χ4v) is 3.35. The molecule has 98 valence electrons. The molecule has 8 heteroatoms. The van der Waals surface area contributed by atoms with E-state index in [-0.39, 0.29) is 17.6 Å². The Labute approximate surface area is 102 Å². The van der Waals surface area contributed by atoms with E-state index < -0.39 is 22.7 Å². The van der Waals surface area contributed by atoms with Crippen LogP contribution in [0.15, 0.2) is 0 Å².